The van der Waals surface area contributed by atoms with Crippen molar-refractivity contribution in [3.63, 3.8) is 0 Å². The zero-order chi connectivity index (χ0) is 16.7. The van der Waals surface area contributed by atoms with Crippen molar-refractivity contribution in [2.24, 2.45) is 0 Å². The summed E-state index contributed by atoms with van der Waals surface area (Å²) in [4.78, 5) is 12.2. The number of ether oxygens (including phenoxy) is 2. The van der Waals surface area contributed by atoms with E-state index in [0.29, 0.717) is 13.0 Å². The zero-order valence-electron chi connectivity index (χ0n) is 13.8. The summed E-state index contributed by atoms with van der Waals surface area (Å²) in [7, 11) is 3.27. The molecule has 1 N–H and O–H groups in total. The molecule has 2 rings (SSSR count). The molecule has 0 aliphatic heterocycles. The second-order valence-corrected chi connectivity index (χ2v) is 5.47. The molecule has 23 heavy (non-hydrogen) atoms. The zero-order valence-corrected chi connectivity index (χ0v) is 13.8. The van der Waals surface area contributed by atoms with Crippen molar-refractivity contribution in [1.29, 1.82) is 0 Å². The molecule has 122 valence electrons. The van der Waals surface area contributed by atoms with Gasteiger partial charge in [-0.25, -0.2) is 0 Å². The molecule has 1 unspecified atom stereocenters. The number of carbonyl (C=O) groups excluding carboxylic acids is 1. The average molecular weight is 313 g/mol. The van der Waals surface area contributed by atoms with Crippen LogP contribution in [0.25, 0.3) is 0 Å². The van der Waals surface area contributed by atoms with Crippen molar-refractivity contribution < 1.29 is 14.3 Å². The summed E-state index contributed by atoms with van der Waals surface area (Å²) in [5.74, 6) is 1.74. The number of rotatable bonds is 7. The van der Waals surface area contributed by atoms with E-state index >= 15 is 0 Å². The van der Waals surface area contributed by atoms with Crippen molar-refractivity contribution in [3.8, 4) is 11.5 Å². The summed E-state index contributed by atoms with van der Waals surface area (Å²) < 4.78 is 10.5. The third kappa shape index (κ3) is 4.74. The van der Waals surface area contributed by atoms with Crippen LogP contribution in [0.3, 0.4) is 0 Å². The van der Waals surface area contributed by atoms with Crippen LogP contribution >= 0.6 is 0 Å². The molecule has 0 saturated carbocycles. The number of hydrogen-bond acceptors (Lipinski definition) is 3. The van der Waals surface area contributed by atoms with Gasteiger partial charge in [0, 0.05) is 18.5 Å². The Morgan fingerprint density at radius 3 is 2.61 bits per heavy atom. The third-order valence-electron chi connectivity index (χ3n) is 3.82. The fraction of sp³-hybridized carbons (Fsp3) is 0.316. The largest absolute Gasteiger partial charge is 0.497 e. The number of hydrogen-bond donors (Lipinski definition) is 1. The van der Waals surface area contributed by atoms with Crippen LogP contribution < -0.4 is 14.8 Å². The van der Waals surface area contributed by atoms with Gasteiger partial charge in [0.25, 0.3) is 0 Å². The van der Waals surface area contributed by atoms with Crippen LogP contribution in [0.4, 0.5) is 0 Å². The summed E-state index contributed by atoms with van der Waals surface area (Å²) in [6.07, 6.45) is 0.433. The van der Waals surface area contributed by atoms with E-state index in [-0.39, 0.29) is 11.8 Å². The van der Waals surface area contributed by atoms with Crippen LogP contribution in [0.1, 0.15) is 30.4 Å². The molecule has 0 fully saturated rings. The minimum atomic E-state index is 0.0197. The Morgan fingerprint density at radius 2 is 1.87 bits per heavy atom. The van der Waals surface area contributed by atoms with Crippen LogP contribution in [0, 0.1) is 0 Å². The lowest BCUT2D eigenvalue weighted by atomic mass is 9.97. The van der Waals surface area contributed by atoms with Gasteiger partial charge in [0.2, 0.25) is 5.91 Å². The Bertz CT molecular complexity index is 655. The van der Waals surface area contributed by atoms with Gasteiger partial charge in [-0.1, -0.05) is 37.3 Å². The van der Waals surface area contributed by atoms with Gasteiger partial charge in [-0.2, -0.15) is 0 Å². The second-order valence-electron chi connectivity index (χ2n) is 5.47. The van der Waals surface area contributed by atoms with Crippen molar-refractivity contribution in [2.45, 2.75) is 25.8 Å². The number of para-hydroxylation sites is 1. The Kier molecular flexibility index (Phi) is 6.03. The highest BCUT2D eigenvalue weighted by molar-refractivity contribution is 5.76. The van der Waals surface area contributed by atoms with Gasteiger partial charge in [-0.3, -0.25) is 4.79 Å². The molecule has 0 aliphatic rings. The molecule has 0 aromatic heterocycles. The Morgan fingerprint density at radius 1 is 1.09 bits per heavy atom. The van der Waals surface area contributed by atoms with Gasteiger partial charge >= 0.3 is 0 Å². The van der Waals surface area contributed by atoms with E-state index in [1.807, 2.05) is 55.5 Å². The summed E-state index contributed by atoms with van der Waals surface area (Å²) >= 11 is 0. The first-order chi connectivity index (χ1) is 11.1. The van der Waals surface area contributed by atoms with Crippen molar-refractivity contribution in [1.82, 2.24) is 5.32 Å². The first-order valence-electron chi connectivity index (χ1n) is 7.66. The maximum Gasteiger partial charge on any atom is 0.220 e. The molecule has 0 heterocycles. The van der Waals surface area contributed by atoms with E-state index in [1.54, 1.807) is 14.2 Å². The molecule has 1 atom stereocenters. The van der Waals surface area contributed by atoms with Gasteiger partial charge in [0.1, 0.15) is 11.5 Å². The molecule has 4 heteroatoms. The molecule has 0 spiro atoms. The number of carbonyl (C=O) groups is 1. The molecule has 1 amide bonds. The van der Waals surface area contributed by atoms with E-state index < -0.39 is 0 Å². The van der Waals surface area contributed by atoms with Gasteiger partial charge in [0.05, 0.1) is 14.2 Å². The smallest absolute Gasteiger partial charge is 0.220 e. The van der Waals surface area contributed by atoms with E-state index in [9.17, 15) is 4.79 Å². The second kappa shape index (κ2) is 8.22. The predicted molar refractivity (Wildman–Crippen MR) is 90.9 cm³/mol. The average Bonchev–Trinajstić information content (AvgIpc) is 2.60. The number of nitrogens with one attached hydrogen (secondary N) is 1. The van der Waals surface area contributed by atoms with E-state index in [1.165, 1.54) is 0 Å². The highest BCUT2D eigenvalue weighted by atomic mass is 16.5. The number of benzene rings is 2. The highest BCUT2D eigenvalue weighted by Crippen LogP contribution is 2.23. The topological polar surface area (TPSA) is 47.6 Å². The molecule has 0 radical (unpaired) electrons. The van der Waals surface area contributed by atoms with Crippen molar-refractivity contribution in [3.05, 3.63) is 59.7 Å². The standard InChI is InChI=1S/C19H23NO3/c1-14(15-8-6-9-17(12-15)22-2)11-19(21)20-13-16-7-4-5-10-18(16)23-3/h4-10,12,14H,11,13H2,1-3H3,(H,20,21). The molecular formula is C19H23NO3. The normalized spacial score (nSPS) is 11.6. The lowest BCUT2D eigenvalue weighted by molar-refractivity contribution is -0.121. The van der Waals surface area contributed by atoms with Crippen LogP contribution in [0.15, 0.2) is 48.5 Å². The molecule has 4 nitrogen and oxygen atoms in total. The van der Waals surface area contributed by atoms with Gasteiger partial charge in [-0.15, -0.1) is 0 Å². The minimum absolute atomic E-state index is 0.0197. The van der Waals surface area contributed by atoms with E-state index in [0.717, 1.165) is 22.6 Å². The van der Waals surface area contributed by atoms with E-state index in [4.69, 9.17) is 9.47 Å². The molecular weight excluding hydrogens is 290 g/mol. The van der Waals surface area contributed by atoms with Gasteiger partial charge < -0.3 is 14.8 Å². The predicted octanol–water partition coefficient (Wildman–Crippen LogP) is 3.51. The highest BCUT2D eigenvalue weighted by Gasteiger charge is 2.12. The maximum absolute atomic E-state index is 12.2. The lowest BCUT2D eigenvalue weighted by Gasteiger charge is -2.14. The quantitative estimate of drug-likeness (QED) is 0.851. The minimum Gasteiger partial charge on any atom is -0.497 e. The maximum atomic E-state index is 12.2. The molecule has 0 saturated heterocycles. The summed E-state index contributed by atoms with van der Waals surface area (Å²) in [6, 6.07) is 15.5. The van der Waals surface area contributed by atoms with E-state index in [2.05, 4.69) is 5.32 Å². The van der Waals surface area contributed by atoms with Gasteiger partial charge in [0.15, 0.2) is 0 Å². The molecule has 2 aromatic rings. The summed E-state index contributed by atoms with van der Waals surface area (Å²) in [5.41, 5.74) is 2.06. The van der Waals surface area contributed by atoms with Crippen LogP contribution in [-0.4, -0.2) is 20.1 Å². The fourth-order valence-electron chi connectivity index (χ4n) is 2.46. The Balaban J connectivity index is 1.91. The lowest BCUT2D eigenvalue weighted by Crippen LogP contribution is -2.24. The SMILES string of the molecule is COc1cccc(C(C)CC(=O)NCc2ccccc2OC)c1. The van der Waals surface area contributed by atoms with Crippen molar-refractivity contribution >= 4 is 5.91 Å². The van der Waals surface area contributed by atoms with Gasteiger partial charge in [-0.05, 0) is 29.7 Å². The monoisotopic (exact) mass is 313 g/mol. The van der Waals surface area contributed by atoms with Crippen LogP contribution in [0.5, 0.6) is 11.5 Å². The third-order valence-corrected chi connectivity index (χ3v) is 3.82. The molecule has 0 aliphatic carbocycles. The van der Waals surface area contributed by atoms with Crippen LogP contribution in [0.2, 0.25) is 0 Å². The molecule has 0 bridgehead atoms. The van der Waals surface area contributed by atoms with Crippen LogP contribution in [-0.2, 0) is 11.3 Å². The first-order valence-corrected chi connectivity index (χ1v) is 7.66. The number of amides is 1. The molecule has 2 aromatic carbocycles. The van der Waals surface area contributed by atoms with Crippen molar-refractivity contribution in [2.75, 3.05) is 14.2 Å². The number of methoxy groups -OCH3 is 2. The summed E-state index contributed by atoms with van der Waals surface area (Å²) in [6.45, 7) is 2.51. The Labute approximate surface area is 137 Å². The first kappa shape index (κ1) is 16.9. The fourth-order valence-corrected chi connectivity index (χ4v) is 2.46. The summed E-state index contributed by atoms with van der Waals surface area (Å²) in [5, 5.41) is 2.95. The Hall–Kier alpha value is -2.49.